The van der Waals surface area contributed by atoms with Crippen LogP contribution in [-0.2, 0) is 13.1 Å². The zero-order valence-electron chi connectivity index (χ0n) is 13.5. The number of fused-ring (bicyclic) bond motifs is 1. The molecule has 0 spiro atoms. The zero-order valence-corrected chi connectivity index (χ0v) is 14.4. The Labute approximate surface area is 139 Å². The van der Waals surface area contributed by atoms with Crippen molar-refractivity contribution in [2.45, 2.75) is 20.0 Å². The summed E-state index contributed by atoms with van der Waals surface area (Å²) in [5.74, 6) is 1.74. The number of rotatable bonds is 4. The Balaban J connectivity index is 1.64. The number of guanidine groups is 1. The lowest BCUT2D eigenvalue weighted by Gasteiger charge is -2.20. The Morgan fingerprint density at radius 2 is 2.22 bits per heavy atom. The summed E-state index contributed by atoms with van der Waals surface area (Å²) in [6, 6.07) is 10.1. The maximum Gasteiger partial charge on any atom is 0.194 e. The number of nitrogens with zero attached hydrogens (tertiary/aromatic N) is 3. The minimum Gasteiger partial charge on any atom is -0.459 e. The van der Waals surface area contributed by atoms with Gasteiger partial charge in [-0.05, 0) is 19.1 Å². The molecule has 0 unspecified atom stereocenters. The molecule has 0 saturated carbocycles. The maximum atomic E-state index is 5.86. The molecule has 2 heterocycles. The number of hydrogen-bond donors (Lipinski definition) is 1. The summed E-state index contributed by atoms with van der Waals surface area (Å²) >= 11 is 1.69. The van der Waals surface area contributed by atoms with Crippen LogP contribution in [0.4, 0.5) is 0 Å². The molecule has 0 radical (unpaired) electrons. The number of aromatic nitrogens is 1. The Morgan fingerprint density at radius 1 is 1.39 bits per heavy atom. The third-order valence-electron chi connectivity index (χ3n) is 3.51. The summed E-state index contributed by atoms with van der Waals surface area (Å²) in [5, 5.41) is 5.51. The highest BCUT2D eigenvalue weighted by atomic mass is 32.1. The van der Waals surface area contributed by atoms with Gasteiger partial charge in [-0.3, -0.25) is 4.99 Å². The van der Waals surface area contributed by atoms with Crippen LogP contribution >= 0.6 is 11.3 Å². The van der Waals surface area contributed by atoms with Gasteiger partial charge in [0.15, 0.2) is 5.96 Å². The van der Waals surface area contributed by atoms with Crippen molar-refractivity contribution in [1.82, 2.24) is 15.2 Å². The van der Waals surface area contributed by atoms with Crippen molar-refractivity contribution in [1.29, 1.82) is 0 Å². The summed E-state index contributed by atoms with van der Waals surface area (Å²) < 4.78 is 5.86. The summed E-state index contributed by atoms with van der Waals surface area (Å²) in [7, 11) is 3.78. The zero-order chi connectivity index (χ0) is 16.2. The van der Waals surface area contributed by atoms with Gasteiger partial charge in [0, 0.05) is 30.6 Å². The monoisotopic (exact) mass is 328 g/mol. The molecule has 6 heteroatoms. The fourth-order valence-corrected chi connectivity index (χ4v) is 3.17. The maximum absolute atomic E-state index is 5.86. The molecule has 5 nitrogen and oxygen atoms in total. The molecule has 3 aromatic rings. The second-order valence-electron chi connectivity index (χ2n) is 5.37. The van der Waals surface area contributed by atoms with Gasteiger partial charge in [0.1, 0.15) is 16.4 Å². The molecule has 3 rings (SSSR count). The van der Waals surface area contributed by atoms with E-state index in [2.05, 4.69) is 34.3 Å². The lowest BCUT2D eigenvalue weighted by atomic mass is 10.2. The van der Waals surface area contributed by atoms with Crippen molar-refractivity contribution in [3.05, 3.63) is 52.2 Å². The van der Waals surface area contributed by atoms with Crippen molar-refractivity contribution < 1.29 is 4.42 Å². The van der Waals surface area contributed by atoms with Gasteiger partial charge in [0.25, 0.3) is 0 Å². The second kappa shape index (κ2) is 6.83. The standard InChI is InChI=1S/C17H20N4OS/c1-12-9-19-16(23-12)10-20-17(18-2)21(3)11-14-8-13-6-4-5-7-15(13)22-14/h4-9H,10-11H2,1-3H3,(H,18,20). The summed E-state index contributed by atoms with van der Waals surface area (Å²) in [4.78, 5) is 11.9. The Bertz CT molecular complexity index is 788. The Hall–Kier alpha value is -2.34. The molecule has 0 bridgehead atoms. The molecule has 120 valence electrons. The SMILES string of the molecule is CN=C(NCc1ncc(C)s1)N(C)Cc1cc2ccccc2o1. The molecule has 0 atom stereocenters. The van der Waals surface area contributed by atoms with Crippen LogP contribution in [0.25, 0.3) is 11.0 Å². The Morgan fingerprint density at radius 3 is 2.91 bits per heavy atom. The van der Waals surface area contributed by atoms with E-state index in [1.807, 2.05) is 36.3 Å². The van der Waals surface area contributed by atoms with E-state index in [0.717, 1.165) is 27.7 Å². The summed E-state index contributed by atoms with van der Waals surface area (Å²) in [6.45, 7) is 3.39. The van der Waals surface area contributed by atoms with E-state index in [-0.39, 0.29) is 0 Å². The fraction of sp³-hybridized carbons (Fsp3) is 0.294. The van der Waals surface area contributed by atoms with E-state index in [4.69, 9.17) is 4.42 Å². The van der Waals surface area contributed by atoms with Gasteiger partial charge in [-0.15, -0.1) is 11.3 Å². The first kappa shape index (κ1) is 15.6. The summed E-state index contributed by atoms with van der Waals surface area (Å²) in [5.41, 5.74) is 0.914. The van der Waals surface area contributed by atoms with Crippen molar-refractivity contribution in [3.8, 4) is 0 Å². The predicted octanol–water partition coefficient (Wildman–Crippen LogP) is 3.41. The number of furan rings is 1. The lowest BCUT2D eigenvalue weighted by Crippen LogP contribution is -2.37. The molecular formula is C17H20N4OS. The number of thiazole rings is 1. The molecule has 0 aliphatic heterocycles. The fourth-order valence-electron chi connectivity index (χ4n) is 2.45. The number of aryl methyl sites for hydroxylation is 1. The van der Waals surface area contributed by atoms with Crippen LogP contribution in [0.5, 0.6) is 0 Å². The van der Waals surface area contributed by atoms with Crippen LogP contribution in [0.15, 0.2) is 45.9 Å². The molecule has 0 amide bonds. The first-order chi connectivity index (χ1) is 11.2. The van der Waals surface area contributed by atoms with E-state index >= 15 is 0 Å². The highest BCUT2D eigenvalue weighted by Crippen LogP contribution is 2.19. The first-order valence-corrected chi connectivity index (χ1v) is 8.28. The van der Waals surface area contributed by atoms with Crippen LogP contribution in [-0.4, -0.2) is 29.9 Å². The van der Waals surface area contributed by atoms with Crippen molar-refractivity contribution in [3.63, 3.8) is 0 Å². The number of hydrogen-bond acceptors (Lipinski definition) is 4. The molecule has 0 saturated heterocycles. The average Bonchev–Trinajstić information content (AvgIpc) is 3.13. The van der Waals surface area contributed by atoms with Gasteiger partial charge in [-0.2, -0.15) is 0 Å². The molecule has 1 aromatic carbocycles. The smallest absolute Gasteiger partial charge is 0.194 e. The summed E-state index contributed by atoms with van der Waals surface area (Å²) in [6.07, 6.45) is 1.89. The number of para-hydroxylation sites is 1. The molecule has 2 aromatic heterocycles. The number of benzene rings is 1. The molecule has 0 aliphatic carbocycles. The van der Waals surface area contributed by atoms with E-state index in [1.165, 1.54) is 4.88 Å². The van der Waals surface area contributed by atoms with E-state index < -0.39 is 0 Å². The average molecular weight is 328 g/mol. The molecule has 1 N–H and O–H groups in total. The van der Waals surface area contributed by atoms with Crippen LogP contribution in [0.3, 0.4) is 0 Å². The largest absolute Gasteiger partial charge is 0.459 e. The van der Waals surface area contributed by atoms with E-state index in [9.17, 15) is 0 Å². The van der Waals surface area contributed by atoms with Crippen LogP contribution < -0.4 is 5.32 Å². The quantitative estimate of drug-likeness (QED) is 0.589. The van der Waals surface area contributed by atoms with Gasteiger partial charge in [0.2, 0.25) is 0 Å². The number of nitrogens with one attached hydrogen (secondary N) is 1. The van der Waals surface area contributed by atoms with Crippen molar-refractivity contribution in [2.24, 2.45) is 4.99 Å². The van der Waals surface area contributed by atoms with Crippen LogP contribution in [0, 0.1) is 6.92 Å². The normalized spacial score (nSPS) is 11.9. The van der Waals surface area contributed by atoms with Gasteiger partial charge in [-0.25, -0.2) is 4.98 Å². The molecule has 0 fully saturated rings. The molecule has 23 heavy (non-hydrogen) atoms. The lowest BCUT2D eigenvalue weighted by molar-refractivity contribution is 0.412. The van der Waals surface area contributed by atoms with Gasteiger partial charge < -0.3 is 14.6 Å². The third-order valence-corrected chi connectivity index (χ3v) is 4.42. The second-order valence-corrected chi connectivity index (χ2v) is 6.69. The minimum absolute atomic E-state index is 0.658. The minimum atomic E-state index is 0.658. The molecular weight excluding hydrogens is 308 g/mol. The molecule has 0 aliphatic rings. The van der Waals surface area contributed by atoms with Crippen LogP contribution in [0.1, 0.15) is 15.6 Å². The highest BCUT2D eigenvalue weighted by Gasteiger charge is 2.11. The van der Waals surface area contributed by atoms with Crippen molar-refractivity contribution >= 4 is 28.3 Å². The van der Waals surface area contributed by atoms with Crippen LogP contribution in [0.2, 0.25) is 0 Å². The van der Waals surface area contributed by atoms with Gasteiger partial charge in [-0.1, -0.05) is 18.2 Å². The number of aliphatic imine (C=N–C) groups is 1. The van der Waals surface area contributed by atoms with Crippen molar-refractivity contribution in [2.75, 3.05) is 14.1 Å². The van der Waals surface area contributed by atoms with Gasteiger partial charge >= 0.3 is 0 Å². The highest BCUT2D eigenvalue weighted by molar-refractivity contribution is 7.11. The Kier molecular flexibility index (Phi) is 4.62. The van der Waals surface area contributed by atoms with Gasteiger partial charge in [0.05, 0.1) is 13.1 Å². The topological polar surface area (TPSA) is 53.7 Å². The third kappa shape index (κ3) is 3.71. The van der Waals surface area contributed by atoms with E-state index in [1.54, 1.807) is 18.4 Å². The first-order valence-electron chi connectivity index (χ1n) is 7.46. The predicted molar refractivity (Wildman–Crippen MR) is 94.7 cm³/mol. The van der Waals surface area contributed by atoms with E-state index in [0.29, 0.717) is 13.1 Å².